The fraction of sp³-hybridized carbons (Fsp3) is 0.615. The van der Waals surface area contributed by atoms with E-state index in [1.54, 1.807) is 20.0 Å². The lowest BCUT2D eigenvalue weighted by molar-refractivity contribution is -0.130. The van der Waals surface area contributed by atoms with Crippen LogP contribution in [0.4, 0.5) is 4.79 Å². The maximum absolute atomic E-state index is 12.0. The van der Waals surface area contributed by atoms with Gasteiger partial charge in [-0.3, -0.25) is 14.8 Å². The molecule has 1 aliphatic heterocycles. The van der Waals surface area contributed by atoms with Crippen molar-refractivity contribution in [2.45, 2.75) is 32.4 Å². The number of nitrogens with one attached hydrogen (secondary N) is 2. The number of imide groups is 1. The number of H-pyrrole nitrogens is 1. The van der Waals surface area contributed by atoms with Crippen molar-refractivity contribution in [2.75, 3.05) is 20.1 Å². The fourth-order valence-corrected chi connectivity index (χ4v) is 2.26. The van der Waals surface area contributed by atoms with E-state index in [0.717, 1.165) is 25.2 Å². The largest absolute Gasteiger partial charge is 0.325 e. The van der Waals surface area contributed by atoms with Crippen molar-refractivity contribution in [1.82, 2.24) is 25.3 Å². The first-order chi connectivity index (χ1) is 9.40. The number of urea groups is 1. The van der Waals surface area contributed by atoms with Crippen molar-refractivity contribution in [3.05, 3.63) is 18.0 Å². The van der Waals surface area contributed by atoms with Gasteiger partial charge in [0.05, 0.1) is 0 Å². The first-order valence-corrected chi connectivity index (χ1v) is 6.71. The van der Waals surface area contributed by atoms with Gasteiger partial charge in [-0.15, -0.1) is 0 Å². The first kappa shape index (κ1) is 14.5. The van der Waals surface area contributed by atoms with E-state index in [9.17, 15) is 9.59 Å². The number of carbonyl (C=O) groups excluding carboxylic acids is 2. The van der Waals surface area contributed by atoms with Crippen LogP contribution in [0.1, 0.15) is 26.0 Å². The van der Waals surface area contributed by atoms with Crippen molar-refractivity contribution < 1.29 is 9.59 Å². The Morgan fingerprint density at radius 1 is 1.40 bits per heavy atom. The van der Waals surface area contributed by atoms with Crippen LogP contribution in [0.3, 0.4) is 0 Å². The molecule has 0 aliphatic carbocycles. The summed E-state index contributed by atoms with van der Waals surface area (Å²) in [4.78, 5) is 27.1. The van der Waals surface area contributed by atoms with Crippen molar-refractivity contribution in [1.29, 1.82) is 0 Å². The molecule has 1 aromatic heterocycles. The maximum Gasteiger partial charge on any atom is 0.325 e. The average Bonchev–Trinajstić information content (AvgIpc) is 2.91. The third-order valence-electron chi connectivity index (χ3n) is 3.36. The zero-order valence-corrected chi connectivity index (χ0v) is 12.1. The minimum Gasteiger partial charge on any atom is -0.324 e. The van der Waals surface area contributed by atoms with Crippen LogP contribution in [0.25, 0.3) is 0 Å². The highest BCUT2D eigenvalue weighted by Crippen LogP contribution is 2.16. The summed E-state index contributed by atoms with van der Waals surface area (Å²) in [6.07, 6.45) is 2.47. The Hall–Kier alpha value is -1.89. The summed E-state index contributed by atoms with van der Waals surface area (Å²) >= 11 is 0. The summed E-state index contributed by atoms with van der Waals surface area (Å²) in [7, 11) is 2.00. The first-order valence-electron chi connectivity index (χ1n) is 6.71. The van der Waals surface area contributed by atoms with Gasteiger partial charge in [-0.2, -0.15) is 5.10 Å². The van der Waals surface area contributed by atoms with Crippen LogP contribution >= 0.6 is 0 Å². The smallest absolute Gasteiger partial charge is 0.324 e. The second kappa shape index (κ2) is 5.62. The quantitative estimate of drug-likeness (QED) is 0.746. The SMILES string of the molecule is CN(CCCN1C(=O)NC(C)(C)C1=O)Cc1ccn[nH]1. The Morgan fingerprint density at radius 3 is 2.70 bits per heavy atom. The van der Waals surface area contributed by atoms with Crippen LogP contribution in [-0.2, 0) is 11.3 Å². The summed E-state index contributed by atoms with van der Waals surface area (Å²) in [5.41, 5.74) is 0.266. The highest BCUT2D eigenvalue weighted by Gasteiger charge is 2.43. The van der Waals surface area contributed by atoms with E-state index in [1.807, 2.05) is 13.1 Å². The minimum absolute atomic E-state index is 0.154. The molecule has 20 heavy (non-hydrogen) atoms. The lowest BCUT2D eigenvalue weighted by Crippen LogP contribution is -2.40. The van der Waals surface area contributed by atoms with Crippen LogP contribution in [0, 0.1) is 0 Å². The minimum atomic E-state index is -0.779. The molecule has 0 radical (unpaired) electrons. The Kier molecular flexibility index (Phi) is 4.08. The highest BCUT2D eigenvalue weighted by atomic mass is 16.2. The van der Waals surface area contributed by atoms with E-state index in [1.165, 1.54) is 4.90 Å². The van der Waals surface area contributed by atoms with E-state index >= 15 is 0 Å². The Bertz CT molecular complexity index is 483. The predicted octanol–water partition coefficient (Wildman–Crippen LogP) is 0.562. The van der Waals surface area contributed by atoms with E-state index in [-0.39, 0.29) is 11.9 Å². The molecule has 110 valence electrons. The number of amides is 3. The van der Waals surface area contributed by atoms with E-state index in [2.05, 4.69) is 20.4 Å². The van der Waals surface area contributed by atoms with Crippen molar-refractivity contribution in [2.24, 2.45) is 0 Å². The van der Waals surface area contributed by atoms with Gasteiger partial charge >= 0.3 is 6.03 Å². The molecule has 0 bridgehead atoms. The predicted molar refractivity (Wildman–Crippen MR) is 73.9 cm³/mol. The normalized spacial score (nSPS) is 17.9. The summed E-state index contributed by atoms with van der Waals surface area (Å²) in [5, 5.41) is 9.48. The molecule has 2 rings (SSSR count). The summed E-state index contributed by atoms with van der Waals surface area (Å²) in [6.45, 7) is 5.46. The molecule has 7 nitrogen and oxygen atoms in total. The Morgan fingerprint density at radius 2 is 2.15 bits per heavy atom. The number of nitrogens with zero attached hydrogens (tertiary/aromatic N) is 3. The van der Waals surface area contributed by atoms with Gasteiger partial charge in [-0.05, 0) is 39.9 Å². The number of hydrogen-bond acceptors (Lipinski definition) is 4. The molecule has 1 fully saturated rings. The van der Waals surface area contributed by atoms with Gasteiger partial charge in [0, 0.05) is 25.0 Å². The lowest BCUT2D eigenvalue weighted by atomic mass is 10.1. The lowest BCUT2D eigenvalue weighted by Gasteiger charge is -2.19. The summed E-state index contributed by atoms with van der Waals surface area (Å²) < 4.78 is 0. The van der Waals surface area contributed by atoms with E-state index in [4.69, 9.17) is 0 Å². The fourth-order valence-electron chi connectivity index (χ4n) is 2.26. The van der Waals surface area contributed by atoms with Gasteiger partial charge in [-0.25, -0.2) is 4.79 Å². The Balaban J connectivity index is 1.76. The molecule has 1 aromatic rings. The number of carbonyl (C=O) groups is 2. The van der Waals surface area contributed by atoms with Gasteiger partial charge in [0.1, 0.15) is 5.54 Å². The van der Waals surface area contributed by atoms with Crippen LogP contribution in [0.2, 0.25) is 0 Å². The monoisotopic (exact) mass is 279 g/mol. The second-order valence-corrected chi connectivity index (χ2v) is 5.69. The average molecular weight is 279 g/mol. The molecule has 0 aromatic carbocycles. The number of hydrogen-bond donors (Lipinski definition) is 2. The second-order valence-electron chi connectivity index (χ2n) is 5.69. The number of aromatic amines is 1. The molecular formula is C13H21N5O2. The van der Waals surface area contributed by atoms with Crippen LogP contribution in [-0.4, -0.2) is 57.6 Å². The zero-order valence-electron chi connectivity index (χ0n) is 12.1. The van der Waals surface area contributed by atoms with E-state index in [0.29, 0.717) is 6.54 Å². The molecule has 0 saturated carbocycles. The molecule has 1 aliphatic rings. The molecule has 2 N–H and O–H groups in total. The topological polar surface area (TPSA) is 81.3 Å². The highest BCUT2D eigenvalue weighted by molar-refractivity contribution is 6.06. The molecule has 0 unspecified atom stereocenters. The molecule has 1 saturated heterocycles. The number of aromatic nitrogens is 2. The number of rotatable bonds is 6. The molecule has 0 atom stereocenters. The summed E-state index contributed by atoms with van der Waals surface area (Å²) in [5.74, 6) is -0.154. The third kappa shape index (κ3) is 3.16. The Labute approximate surface area is 118 Å². The van der Waals surface area contributed by atoms with Gasteiger partial charge < -0.3 is 10.2 Å². The van der Waals surface area contributed by atoms with Gasteiger partial charge in [-0.1, -0.05) is 0 Å². The molecule has 7 heteroatoms. The summed E-state index contributed by atoms with van der Waals surface area (Å²) in [6, 6.07) is 1.63. The van der Waals surface area contributed by atoms with Crippen LogP contribution in [0.15, 0.2) is 12.3 Å². The van der Waals surface area contributed by atoms with Crippen molar-refractivity contribution in [3.63, 3.8) is 0 Å². The molecule has 0 spiro atoms. The molecule has 3 amide bonds. The molecular weight excluding hydrogens is 258 g/mol. The van der Waals surface area contributed by atoms with Crippen LogP contribution in [0.5, 0.6) is 0 Å². The van der Waals surface area contributed by atoms with Crippen LogP contribution < -0.4 is 5.32 Å². The molecule has 2 heterocycles. The van der Waals surface area contributed by atoms with Crippen molar-refractivity contribution in [3.8, 4) is 0 Å². The maximum atomic E-state index is 12.0. The van der Waals surface area contributed by atoms with Gasteiger partial charge in [0.15, 0.2) is 0 Å². The third-order valence-corrected chi connectivity index (χ3v) is 3.36. The van der Waals surface area contributed by atoms with Gasteiger partial charge in [0.2, 0.25) is 0 Å². The van der Waals surface area contributed by atoms with Gasteiger partial charge in [0.25, 0.3) is 5.91 Å². The van der Waals surface area contributed by atoms with E-state index < -0.39 is 5.54 Å². The zero-order chi connectivity index (χ0) is 14.8. The van der Waals surface area contributed by atoms with Crippen molar-refractivity contribution >= 4 is 11.9 Å². The standard InChI is InChI=1S/C13H21N5O2/c1-13(2)11(19)18(12(20)15-13)8-4-7-17(3)9-10-5-6-14-16-10/h5-6H,4,7-9H2,1-3H3,(H,14,16)(H,15,20).